The molecule has 1 heterocycles. The lowest BCUT2D eigenvalue weighted by Crippen LogP contribution is -2.42. The standard InChI is InChI=1S/C13H21N3O2S/c1-7(2)11(12(14)16-18)13(17)15-9(4)10-6-5-8(3)19-10/h5-7,9,11,18H,1-4H3,(H2,14,16)(H,15,17). The fourth-order valence-corrected chi connectivity index (χ4v) is 2.78. The van der Waals surface area contributed by atoms with Gasteiger partial charge in [-0.3, -0.25) is 4.79 Å². The van der Waals surface area contributed by atoms with Crippen molar-refractivity contribution in [2.75, 3.05) is 0 Å². The average molecular weight is 283 g/mol. The largest absolute Gasteiger partial charge is 0.409 e. The molecule has 106 valence electrons. The Labute approximate surface area is 117 Å². The van der Waals surface area contributed by atoms with Crippen molar-refractivity contribution in [1.82, 2.24) is 5.32 Å². The Kier molecular flexibility index (Phi) is 5.35. The second-order valence-electron chi connectivity index (χ2n) is 4.93. The summed E-state index contributed by atoms with van der Waals surface area (Å²) >= 11 is 1.65. The van der Waals surface area contributed by atoms with Gasteiger partial charge in [0.05, 0.1) is 6.04 Å². The molecule has 5 nitrogen and oxygen atoms in total. The molecule has 0 spiro atoms. The van der Waals surface area contributed by atoms with Crippen LogP contribution in [0.5, 0.6) is 0 Å². The first kappa shape index (κ1) is 15.5. The molecule has 19 heavy (non-hydrogen) atoms. The van der Waals surface area contributed by atoms with Gasteiger partial charge in [0.15, 0.2) is 5.84 Å². The van der Waals surface area contributed by atoms with Gasteiger partial charge in [-0.15, -0.1) is 11.3 Å². The maximum absolute atomic E-state index is 12.2. The van der Waals surface area contributed by atoms with Gasteiger partial charge < -0.3 is 16.3 Å². The highest BCUT2D eigenvalue weighted by Gasteiger charge is 2.28. The Bertz CT molecular complexity index is 468. The zero-order chi connectivity index (χ0) is 14.6. The second kappa shape index (κ2) is 6.56. The van der Waals surface area contributed by atoms with E-state index in [1.807, 2.05) is 39.8 Å². The minimum atomic E-state index is -0.617. The van der Waals surface area contributed by atoms with Crippen LogP contribution >= 0.6 is 11.3 Å². The van der Waals surface area contributed by atoms with Gasteiger partial charge in [0, 0.05) is 9.75 Å². The molecule has 4 N–H and O–H groups in total. The molecule has 1 aromatic heterocycles. The van der Waals surface area contributed by atoms with E-state index in [9.17, 15) is 4.79 Å². The highest BCUT2D eigenvalue weighted by atomic mass is 32.1. The molecule has 0 aliphatic rings. The highest BCUT2D eigenvalue weighted by Crippen LogP contribution is 2.23. The predicted octanol–water partition coefficient (Wildman–Crippen LogP) is 2.25. The van der Waals surface area contributed by atoms with Crippen molar-refractivity contribution in [2.45, 2.75) is 33.7 Å². The summed E-state index contributed by atoms with van der Waals surface area (Å²) in [7, 11) is 0. The quantitative estimate of drug-likeness (QED) is 0.335. The Hall–Kier alpha value is -1.56. The lowest BCUT2D eigenvalue weighted by atomic mass is 9.93. The SMILES string of the molecule is Cc1ccc(C(C)NC(=O)C(C(N)=NO)C(C)C)s1. The number of nitrogens with zero attached hydrogens (tertiary/aromatic N) is 1. The van der Waals surface area contributed by atoms with E-state index in [-0.39, 0.29) is 23.7 Å². The van der Waals surface area contributed by atoms with Gasteiger partial charge in [0.25, 0.3) is 0 Å². The van der Waals surface area contributed by atoms with Gasteiger partial charge in [-0.1, -0.05) is 19.0 Å². The van der Waals surface area contributed by atoms with E-state index in [0.29, 0.717) is 0 Å². The fraction of sp³-hybridized carbons (Fsp3) is 0.538. The maximum Gasteiger partial charge on any atom is 0.231 e. The Morgan fingerprint density at radius 1 is 1.42 bits per heavy atom. The van der Waals surface area contributed by atoms with Crippen molar-refractivity contribution in [3.63, 3.8) is 0 Å². The molecule has 6 heteroatoms. The molecule has 0 aliphatic carbocycles. The fourth-order valence-electron chi connectivity index (χ4n) is 1.90. The third-order valence-corrected chi connectivity index (χ3v) is 4.11. The van der Waals surface area contributed by atoms with E-state index >= 15 is 0 Å². The van der Waals surface area contributed by atoms with Crippen molar-refractivity contribution in [3.05, 3.63) is 21.9 Å². The molecular weight excluding hydrogens is 262 g/mol. The number of nitrogens with one attached hydrogen (secondary N) is 1. The van der Waals surface area contributed by atoms with Crippen molar-refractivity contribution in [2.24, 2.45) is 22.7 Å². The lowest BCUT2D eigenvalue weighted by molar-refractivity contribution is -0.124. The number of hydrogen-bond acceptors (Lipinski definition) is 4. The van der Waals surface area contributed by atoms with Gasteiger partial charge in [-0.2, -0.15) is 0 Å². The zero-order valence-electron chi connectivity index (χ0n) is 11.7. The topological polar surface area (TPSA) is 87.7 Å². The van der Waals surface area contributed by atoms with E-state index < -0.39 is 5.92 Å². The number of amides is 1. The summed E-state index contributed by atoms with van der Waals surface area (Å²) in [5.74, 6) is -0.924. The van der Waals surface area contributed by atoms with E-state index in [0.717, 1.165) is 4.88 Å². The van der Waals surface area contributed by atoms with Crippen LogP contribution in [0.4, 0.5) is 0 Å². The van der Waals surface area contributed by atoms with Crippen LogP contribution in [0, 0.1) is 18.8 Å². The molecule has 0 saturated carbocycles. The number of carbonyl (C=O) groups excluding carboxylic acids is 1. The summed E-state index contributed by atoms with van der Waals surface area (Å²) in [6, 6.07) is 3.93. The van der Waals surface area contributed by atoms with Crippen LogP contribution in [-0.2, 0) is 4.79 Å². The molecule has 0 fully saturated rings. The van der Waals surface area contributed by atoms with Gasteiger partial charge in [-0.25, -0.2) is 0 Å². The summed E-state index contributed by atoms with van der Waals surface area (Å²) in [4.78, 5) is 14.5. The zero-order valence-corrected chi connectivity index (χ0v) is 12.5. The van der Waals surface area contributed by atoms with Gasteiger partial charge in [0.2, 0.25) is 5.91 Å². The van der Waals surface area contributed by atoms with Crippen molar-refractivity contribution >= 4 is 23.1 Å². The van der Waals surface area contributed by atoms with Crippen LogP contribution in [0.2, 0.25) is 0 Å². The van der Waals surface area contributed by atoms with E-state index in [1.54, 1.807) is 11.3 Å². The third kappa shape index (κ3) is 3.96. The van der Waals surface area contributed by atoms with Crippen molar-refractivity contribution < 1.29 is 10.0 Å². The van der Waals surface area contributed by atoms with Gasteiger partial charge >= 0.3 is 0 Å². The van der Waals surface area contributed by atoms with Crippen LogP contribution in [0.1, 0.15) is 36.6 Å². The molecule has 0 aliphatic heterocycles. The van der Waals surface area contributed by atoms with Crippen LogP contribution in [-0.4, -0.2) is 17.0 Å². The number of amidine groups is 1. The monoisotopic (exact) mass is 283 g/mol. The first-order valence-corrected chi connectivity index (χ1v) is 7.02. The molecule has 0 radical (unpaired) electrons. The Morgan fingerprint density at radius 3 is 2.47 bits per heavy atom. The molecule has 0 saturated heterocycles. The summed E-state index contributed by atoms with van der Waals surface area (Å²) in [6.45, 7) is 7.67. The van der Waals surface area contributed by atoms with Crippen molar-refractivity contribution in [1.29, 1.82) is 0 Å². The van der Waals surface area contributed by atoms with Crippen LogP contribution in [0.3, 0.4) is 0 Å². The first-order valence-electron chi connectivity index (χ1n) is 6.21. The van der Waals surface area contributed by atoms with Crippen molar-refractivity contribution in [3.8, 4) is 0 Å². The summed E-state index contributed by atoms with van der Waals surface area (Å²) < 4.78 is 0. The first-order chi connectivity index (χ1) is 8.86. The molecule has 0 aromatic carbocycles. The molecule has 1 amide bonds. The van der Waals surface area contributed by atoms with Gasteiger partial charge in [0.1, 0.15) is 5.92 Å². The Morgan fingerprint density at radius 2 is 2.05 bits per heavy atom. The second-order valence-corrected chi connectivity index (χ2v) is 6.24. The minimum Gasteiger partial charge on any atom is -0.409 e. The Balaban J connectivity index is 2.77. The predicted molar refractivity (Wildman–Crippen MR) is 77.4 cm³/mol. The normalized spacial score (nSPS) is 15.3. The maximum atomic E-state index is 12.2. The third-order valence-electron chi connectivity index (χ3n) is 2.93. The molecule has 2 atom stereocenters. The number of rotatable bonds is 5. The number of carbonyl (C=O) groups is 1. The van der Waals surface area contributed by atoms with Gasteiger partial charge in [-0.05, 0) is 31.9 Å². The lowest BCUT2D eigenvalue weighted by Gasteiger charge is -2.21. The number of aryl methyl sites for hydroxylation is 1. The molecule has 2 unspecified atom stereocenters. The van der Waals surface area contributed by atoms with E-state index in [2.05, 4.69) is 10.5 Å². The molecule has 0 bridgehead atoms. The minimum absolute atomic E-state index is 0.0341. The molecule has 1 aromatic rings. The summed E-state index contributed by atoms with van der Waals surface area (Å²) in [5, 5.41) is 14.6. The van der Waals surface area contributed by atoms with E-state index in [4.69, 9.17) is 10.9 Å². The number of thiophene rings is 1. The highest BCUT2D eigenvalue weighted by molar-refractivity contribution is 7.12. The number of nitrogens with two attached hydrogens (primary N) is 1. The summed E-state index contributed by atoms with van der Waals surface area (Å²) in [5.41, 5.74) is 5.58. The average Bonchev–Trinajstić information content (AvgIpc) is 2.75. The van der Waals surface area contributed by atoms with E-state index in [1.165, 1.54) is 4.88 Å². The number of oxime groups is 1. The smallest absolute Gasteiger partial charge is 0.231 e. The molecular formula is C13H21N3O2S. The molecule has 1 rings (SSSR count). The van der Waals surface area contributed by atoms with Crippen LogP contribution < -0.4 is 11.1 Å². The van der Waals surface area contributed by atoms with Crippen LogP contribution in [0.25, 0.3) is 0 Å². The van der Waals surface area contributed by atoms with Crippen LogP contribution in [0.15, 0.2) is 17.3 Å². The summed E-state index contributed by atoms with van der Waals surface area (Å²) in [6.07, 6.45) is 0. The number of hydrogen-bond donors (Lipinski definition) is 3.